The van der Waals surface area contributed by atoms with E-state index in [0.717, 1.165) is 28.1 Å². The number of carbonyl (C=O) groups excluding carboxylic acids is 1. The van der Waals surface area contributed by atoms with Crippen molar-refractivity contribution in [3.8, 4) is 22.5 Å². The number of carbonyl (C=O) groups is 1. The lowest BCUT2D eigenvalue weighted by Gasteiger charge is -2.08. The van der Waals surface area contributed by atoms with Crippen molar-refractivity contribution in [2.24, 2.45) is 0 Å². The zero-order valence-corrected chi connectivity index (χ0v) is 17.0. The number of nitrogens with zero attached hydrogens (tertiary/aromatic N) is 3. The molecule has 0 unspecified atom stereocenters. The maximum atomic E-state index is 12.3. The molecule has 8 heteroatoms. The minimum Gasteiger partial charge on any atom is -0.392 e. The highest BCUT2D eigenvalue weighted by atomic mass is 19.4. The van der Waals surface area contributed by atoms with E-state index >= 15 is 0 Å². The standard InChI is InChI=1S/C24H20F3N3O2/c25-24(26,27)8-6-20(32)11-16-2-1-3-19(10-16)22-14-29-23-12-18(7-9-30(22)23)21-5-4-17(15-31)13-28-21/h1-5,7,9-10,12-14,31H,6,8,11,15H2. The Labute approximate surface area is 182 Å². The molecule has 0 aliphatic carbocycles. The number of pyridine rings is 2. The first-order valence-corrected chi connectivity index (χ1v) is 10.0. The number of aromatic nitrogens is 3. The summed E-state index contributed by atoms with van der Waals surface area (Å²) in [6.07, 6.45) is -0.776. The molecule has 0 aliphatic heterocycles. The van der Waals surface area contributed by atoms with Crippen molar-refractivity contribution in [1.29, 1.82) is 0 Å². The van der Waals surface area contributed by atoms with E-state index in [9.17, 15) is 18.0 Å². The molecule has 0 bridgehead atoms. The average molecular weight is 439 g/mol. The van der Waals surface area contributed by atoms with Crippen molar-refractivity contribution in [2.45, 2.75) is 32.0 Å². The Morgan fingerprint density at radius 2 is 1.81 bits per heavy atom. The zero-order chi connectivity index (χ0) is 22.7. The molecule has 0 saturated heterocycles. The van der Waals surface area contributed by atoms with Crippen LogP contribution < -0.4 is 0 Å². The van der Waals surface area contributed by atoms with Gasteiger partial charge >= 0.3 is 6.18 Å². The number of aliphatic hydroxyl groups is 1. The first-order valence-electron chi connectivity index (χ1n) is 10.0. The van der Waals surface area contributed by atoms with Gasteiger partial charge in [0.05, 0.1) is 30.6 Å². The van der Waals surface area contributed by atoms with Gasteiger partial charge in [0.25, 0.3) is 0 Å². The molecule has 0 atom stereocenters. The minimum atomic E-state index is -4.33. The first-order chi connectivity index (χ1) is 15.3. The molecule has 0 spiro atoms. The average Bonchev–Trinajstić information content (AvgIpc) is 3.21. The lowest BCUT2D eigenvalue weighted by molar-refractivity contribution is -0.143. The lowest BCUT2D eigenvalue weighted by atomic mass is 10.0. The summed E-state index contributed by atoms with van der Waals surface area (Å²) in [5.41, 5.74) is 5.36. The molecule has 0 fully saturated rings. The van der Waals surface area contributed by atoms with Gasteiger partial charge in [-0.3, -0.25) is 14.2 Å². The van der Waals surface area contributed by atoms with Crippen LogP contribution in [0.3, 0.4) is 0 Å². The highest BCUT2D eigenvalue weighted by Crippen LogP contribution is 2.26. The molecule has 3 heterocycles. The van der Waals surface area contributed by atoms with Crippen molar-refractivity contribution in [3.05, 3.63) is 78.2 Å². The summed E-state index contributed by atoms with van der Waals surface area (Å²) in [7, 11) is 0. The predicted molar refractivity (Wildman–Crippen MR) is 114 cm³/mol. The molecule has 1 aromatic carbocycles. The van der Waals surface area contributed by atoms with Gasteiger partial charge in [-0.1, -0.05) is 24.3 Å². The number of hydrogen-bond donors (Lipinski definition) is 1. The van der Waals surface area contributed by atoms with Crippen LogP contribution >= 0.6 is 0 Å². The van der Waals surface area contributed by atoms with Crippen LogP contribution in [-0.4, -0.2) is 31.4 Å². The Hall–Kier alpha value is -3.52. The summed E-state index contributed by atoms with van der Waals surface area (Å²) in [5.74, 6) is -0.443. The highest BCUT2D eigenvalue weighted by Gasteiger charge is 2.27. The zero-order valence-electron chi connectivity index (χ0n) is 17.0. The third kappa shape index (κ3) is 5.03. The van der Waals surface area contributed by atoms with Crippen molar-refractivity contribution in [2.75, 3.05) is 0 Å². The van der Waals surface area contributed by atoms with Gasteiger partial charge in [0, 0.05) is 36.4 Å². The Kier molecular flexibility index (Phi) is 6.05. The summed E-state index contributed by atoms with van der Waals surface area (Å²) in [6, 6.07) is 14.6. The van der Waals surface area contributed by atoms with Gasteiger partial charge in [0.15, 0.2) is 0 Å². The van der Waals surface area contributed by atoms with Crippen LogP contribution in [0.15, 0.2) is 67.1 Å². The van der Waals surface area contributed by atoms with E-state index in [2.05, 4.69) is 9.97 Å². The summed E-state index contributed by atoms with van der Waals surface area (Å²) < 4.78 is 38.9. The van der Waals surface area contributed by atoms with Crippen LogP contribution in [0.25, 0.3) is 28.2 Å². The largest absolute Gasteiger partial charge is 0.392 e. The summed E-state index contributed by atoms with van der Waals surface area (Å²) in [4.78, 5) is 20.8. The second-order valence-electron chi connectivity index (χ2n) is 7.53. The van der Waals surface area contributed by atoms with Gasteiger partial charge in [-0.25, -0.2) is 4.98 Å². The summed E-state index contributed by atoms with van der Waals surface area (Å²) >= 11 is 0. The molecule has 0 radical (unpaired) electrons. The molecule has 32 heavy (non-hydrogen) atoms. The third-order valence-corrected chi connectivity index (χ3v) is 5.13. The van der Waals surface area contributed by atoms with Crippen LogP contribution in [0, 0.1) is 0 Å². The number of imidazole rings is 1. The van der Waals surface area contributed by atoms with E-state index in [1.165, 1.54) is 0 Å². The third-order valence-electron chi connectivity index (χ3n) is 5.13. The summed E-state index contributed by atoms with van der Waals surface area (Å²) in [5, 5.41) is 9.16. The topological polar surface area (TPSA) is 67.5 Å². The van der Waals surface area contributed by atoms with E-state index in [0.29, 0.717) is 11.2 Å². The van der Waals surface area contributed by atoms with E-state index < -0.39 is 24.8 Å². The molecule has 3 aromatic heterocycles. The van der Waals surface area contributed by atoms with Crippen LogP contribution in [0.5, 0.6) is 0 Å². The van der Waals surface area contributed by atoms with Gasteiger partial charge in [-0.05, 0) is 35.4 Å². The SMILES string of the molecule is O=C(CCC(F)(F)F)Cc1cccc(-c2cnc3cc(-c4ccc(CO)cn4)ccn23)c1. The Morgan fingerprint density at radius 1 is 0.969 bits per heavy atom. The quantitative estimate of drug-likeness (QED) is 0.440. The molecule has 0 saturated carbocycles. The lowest BCUT2D eigenvalue weighted by Crippen LogP contribution is -2.12. The van der Waals surface area contributed by atoms with E-state index in [-0.39, 0.29) is 13.0 Å². The molecule has 0 amide bonds. The van der Waals surface area contributed by atoms with E-state index in [1.807, 2.05) is 40.9 Å². The van der Waals surface area contributed by atoms with Crippen LogP contribution in [0.2, 0.25) is 0 Å². The Balaban J connectivity index is 1.56. The van der Waals surface area contributed by atoms with E-state index in [1.54, 1.807) is 30.6 Å². The van der Waals surface area contributed by atoms with Gasteiger partial charge in [-0.15, -0.1) is 0 Å². The molecule has 4 rings (SSSR count). The number of Topliss-reactive ketones (excluding diaryl/α,β-unsaturated/α-hetero) is 1. The monoisotopic (exact) mass is 439 g/mol. The maximum absolute atomic E-state index is 12.3. The molecule has 1 N–H and O–H groups in total. The van der Waals surface area contributed by atoms with Crippen LogP contribution in [0.4, 0.5) is 13.2 Å². The fraction of sp³-hybridized carbons (Fsp3) is 0.208. The van der Waals surface area contributed by atoms with E-state index in [4.69, 9.17) is 5.11 Å². The fourth-order valence-corrected chi connectivity index (χ4v) is 3.48. The number of aliphatic hydroxyl groups excluding tert-OH is 1. The Morgan fingerprint density at radius 3 is 2.53 bits per heavy atom. The van der Waals surface area contributed by atoms with Crippen LogP contribution in [-0.2, 0) is 17.8 Å². The highest BCUT2D eigenvalue weighted by molar-refractivity contribution is 5.81. The predicted octanol–water partition coefficient (Wildman–Crippen LogP) is 5.01. The van der Waals surface area contributed by atoms with Crippen molar-refractivity contribution >= 4 is 11.4 Å². The van der Waals surface area contributed by atoms with Crippen molar-refractivity contribution < 1.29 is 23.1 Å². The first kappa shape index (κ1) is 21.7. The van der Waals surface area contributed by atoms with Gasteiger partial charge < -0.3 is 5.11 Å². The van der Waals surface area contributed by atoms with Crippen molar-refractivity contribution in [3.63, 3.8) is 0 Å². The second kappa shape index (κ2) is 8.92. The van der Waals surface area contributed by atoms with Gasteiger partial charge in [0.2, 0.25) is 0 Å². The Bertz CT molecular complexity index is 1250. The molecule has 0 aliphatic rings. The van der Waals surface area contributed by atoms with Crippen LogP contribution in [0.1, 0.15) is 24.0 Å². The smallest absolute Gasteiger partial charge is 0.389 e. The minimum absolute atomic E-state index is 0.0414. The number of ketones is 1. The fourth-order valence-electron chi connectivity index (χ4n) is 3.48. The molecule has 5 nitrogen and oxygen atoms in total. The van der Waals surface area contributed by atoms with Gasteiger partial charge in [0.1, 0.15) is 11.4 Å². The molecule has 164 valence electrons. The van der Waals surface area contributed by atoms with Crippen molar-refractivity contribution in [1.82, 2.24) is 14.4 Å². The normalized spacial score (nSPS) is 11.8. The molecule has 4 aromatic rings. The molecular weight excluding hydrogens is 419 g/mol. The second-order valence-corrected chi connectivity index (χ2v) is 7.53. The molecular formula is C24H20F3N3O2. The number of halogens is 3. The van der Waals surface area contributed by atoms with Gasteiger partial charge in [-0.2, -0.15) is 13.2 Å². The maximum Gasteiger partial charge on any atom is 0.389 e. The number of alkyl halides is 3. The summed E-state index contributed by atoms with van der Waals surface area (Å²) in [6.45, 7) is -0.0665. The number of rotatable bonds is 7. The number of fused-ring (bicyclic) bond motifs is 1. The number of benzene rings is 1. The number of hydrogen-bond acceptors (Lipinski definition) is 4.